The molecule has 0 aliphatic heterocycles. The summed E-state index contributed by atoms with van der Waals surface area (Å²) in [4.78, 5) is 8.12. The van der Waals surface area contributed by atoms with Gasteiger partial charge < -0.3 is 20.2 Å². The molecule has 0 spiro atoms. The molecule has 2 heterocycles. The predicted octanol–water partition coefficient (Wildman–Crippen LogP) is 4.26. The van der Waals surface area contributed by atoms with E-state index in [1.807, 2.05) is 24.6 Å². The maximum Gasteiger partial charge on any atom is 0.192 e. The van der Waals surface area contributed by atoms with E-state index in [9.17, 15) is 0 Å². The molecule has 0 saturated heterocycles. The highest BCUT2D eigenvalue weighted by Gasteiger charge is 2.10. The first-order chi connectivity index (χ1) is 15.1. The van der Waals surface area contributed by atoms with Gasteiger partial charge in [-0.2, -0.15) is 0 Å². The Morgan fingerprint density at radius 1 is 1.09 bits per heavy atom. The Morgan fingerprint density at radius 3 is 2.59 bits per heavy atom. The standard InChI is InChI=1S/C24H29N7.HI/c1-17(19-9-5-4-6-10-19)28-24(27-16-23-30-29-18(2)31(23)3)25-14-13-20-15-26-22-12-8-7-11-21(20)22;/h4-12,15,17,26H,13-14,16H2,1-3H3,(H2,25,27,28);1H. The number of fused-ring (bicyclic) bond motifs is 1. The molecule has 1 unspecified atom stereocenters. The lowest BCUT2D eigenvalue weighted by molar-refractivity contribution is 0.675. The van der Waals surface area contributed by atoms with Gasteiger partial charge in [-0.05, 0) is 37.5 Å². The molecule has 1 atom stereocenters. The smallest absolute Gasteiger partial charge is 0.192 e. The number of aryl methyl sites for hydroxylation is 1. The lowest BCUT2D eigenvalue weighted by Gasteiger charge is -2.19. The molecule has 0 aliphatic carbocycles. The zero-order valence-electron chi connectivity index (χ0n) is 18.7. The minimum Gasteiger partial charge on any atom is -0.361 e. The highest BCUT2D eigenvalue weighted by molar-refractivity contribution is 14.0. The zero-order valence-corrected chi connectivity index (χ0v) is 21.0. The number of H-pyrrole nitrogens is 1. The molecule has 8 heteroatoms. The van der Waals surface area contributed by atoms with Crippen LogP contribution >= 0.6 is 24.0 Å². The van der Waals surface area contributed by atoms with Crippen LogP contribution in [0.4, 0.5) is 0 Å². The number of aliphatic imine (C=N–C) groups is 1. The molecule has 0 aliphatic rings. The van der Waals surface area contributed by atoms with Crippen LogP contribution in [0.3, 0.4) is 0 Å². The second kappa shape index (κ2) is 11.1. The fourth-order valence-electron chi connectivity index (χ4n) is 3.58. The number of para-hydroxylation sites is 1. The number of guanidine groups is 1. The number of aromatic nitrogens is 4. The van der Waals surface area contributed by atoms with Crippen LogP contribution in [0.2, 0.25) is 0 Å². The third-order valence-corrected chi connectivity index (χ3v) is 5.58. The minimum absolute atomic E-state index is 0. The second-order valence-corrected chi connectivity index (χ2v) is 7.70. The highest BCUT2D eigenvalue weighted by Crippen LogP contribution is 2.17. The van der Waals surface area contributed by atoms with E-state index in [4.69, 9.17) is 4.99 Å². The third-order valence-electron chi connectivity index (χ3n) is 5.58. The Labute approximate surface area is 205 Å². The molecule has 168 valence electrons. The van der Waals surface area contributed by atoms with Gasteiger partial charge in [-0.15, -0.1) is 34.2 Å². The van der Waals surface area contributed by atoms with Crippen LogP contribution in [0.15, 0.2) is 65.8 Å². The number of nitrogens with one attached hydrogen (secondary N) is 3. The van der Waals surface area contributed by atoms with Crippen molar-refractivity contribution < 1.29 is 0 Å². The van der Waals surface area contributed by atoms with Crippen molar-refractivity contribution in [2.45, 2.75) is 32.9 Å². The molecule has 3 N–H and O–H groups in total. The van der Waals surface area contributed by atoms with Gasteiger partial charge in [0.05, 0.1) is 6.04 Å². The van der Waals surface area contributed by atoms with E-state index in [2.05, 4.69) is 87.5 Å². The largest absolute Gasteiger partial charge is 0.361 e. The van der Waals surface area contributed by atoms with E-state index in [1.165, 1.54) is 22.0 Å². The lowest BCUT2D eigenvalue weighted by Crippen LogP contribution is -2.39. The Kier molecular flexibility index (Phi) is 8.26. The zero-order chi connectivity index (χ0) is 21.6. The number of hydrogen-bond donors (Lipinski definition) is 3. The maximum atomic E-state index is 4.78. The molecule has 0 saturated carbocycles. The minimum atomic E-state index is 0. The molecule has 4 rings (SSSR count). The molecule has 0 fully saturated rings. The van der Waals surface area contributed by atoms with Gasteiger partial charge in [0, 0.05) is 30.7 Å². The first-order valence-electron chi connectivity index (χ1n) is 10.6. The van der Waals surface area contributed by atoms with Crippen LogP contribution in [0, 0.1) is 6.92 Å². The van der Waals surface area contributed by atoms with Crippen LogP contribution in [0.5, 0.6) is 0 Å². The van der Waals surface area contributed by atoms with E-state index in [1.54, 1.807) is 0 Å². The molecule has 0 bridgehead atoms. The van der Waals surface area contributed by atoms with E-state index in [0.29, 0.717) is 6.54 Å². The Hall–Kier alpha value is -2.88. The van der Waals surface area contributed by atoms with E-state index in [0.717, 1.165) is 30.6 Å². The van der Waals surface area contributed by atoms with Gasteiger partial charge in [0.1, 0.15) is 12.4 Å². The van der Waals surface area contributed by atoms with Gasteiger partial charge in [-0.3, -0.25) is 0 Å². The first-order valence-corrected chi connectivity index (χ1v) is 10.6. The Morgan fingerprint density at radius 2 is 1.84 bits per heavy atom. The topological polar surface area (TPSA) is 82.9 Å². The summed E-state index contributed by atoms with van der Waals surface area (Å²) in [5.41, 5.74) is 3.67. The molecule has 4 aromatic rings. The number of rotatable bonds is 7. The first kappa shape index (κ1) is 23.8. The summed E-state index contributed by atoms with van der Waals surface area (Å²) in [5, 5.41) is 16.6. The fourth-order valence-corrected chi connectivity index (χ4v) is 3.58. The summed E-state index contributed by atoms with van der Waals surface area (Å²) in [6.07, 6.45) is 2.99. The Bertz CT molecular complexity index is 1160. The summed E-state index contributed by atoms with van der Waals surface area (Å²) in [6.45, 7) is 5.31. The quantitative estimate of drug-likeness (QED) is 0.185. The van der Waals surface area contributed by atoms with Crippen molar-refractivity contribution in [2.24, 2.45) is 12.0 Å². The SMILES string of the molecule is Cc1nnc(CN=C(NCCc2c[nH]c3ccccc23)NC(C)c2ccccc2)n1C.I. The van der Waals surface area contributed by atoms with Gasteiger partial charge in [-0.25, -0.2) is 4.99 Å². The molecule has 0 radical (unpaired) electrons. The number of hydrogen-bond acceptors (Lipinski definition) is 3. The van der Waals surface area contributed by atoms with Gasteiger partial charge in [0.2, 0.25) is 0 Å². The van der Waals surface area contributed by atoms with Crippen molar-refractivity contribution >= 4 is 40.8 Å². The predicted molar refractivity (Wildman–Crippen MR) is 140 cm³/mol. The van der Waals surface area contributed by atoms with Crippen LogP contribution in [-0.4, -0.2) is 32.3 Å². The fraction of sp³-hybridized carbons (Fsp3) is 0.292. The van der Waals surface area contributed by atoms with Crippen molar-refractivity contribution in [3.8, 4) is 0 Å². The molecule has 2 aromatic carbocycles. The van der Waals surface area contributed by atoms with E-state index < -0.39 is 0 Å². The van der Waals surface area contributed by atoms with Crippen LogP contribution in [0.1, 0.15) is 35.7 Å². The van der Waals surface area contributed by atoms with E-state index >= 15 is 0 Å². The van der Waals surface area contributed by atoms with Crippen molar-refractivity contribution in [3.05, 3.63) is 83.6 Å². The molecular formula is C24H30IN7. The number of halogens is 1. The summed E-state index contributed by atoms with van der Waals surface area (Å²) < 4.78 is 1.97. The highest BCUT2D eigenvalue weighted by atomic mass is 127. The van der Waals surface area contributed by atoms with E-state index in [-0.39, 0.29) is 30.0 Å². The number of nitrogens with zero attached hydrogens (tertiary/aromatic N) is 4. The van der Waals surface area contributed by atoms with Gasteiger partial charge in [0.25, 0.3) is 0 Å². The molecule has 32 heavy (non-hydrogen) atoms. The van der Waals surface area contributed by atoms with Crippen molar-refractivity contribution in [1.82, 2.24) is 30.4 Å². The van der Waals surface area contributed by atoms with Gasteiger partial charge in [0.15, 0.2) is 11.8 Å². The summed E-state index contributed by atoms with van der Waals surface area (Å²) in [7, 11) is 1.96. The van der Waals surface area contributed by atoms with Crippen molar-refractivity contribution in [3.63, 3.8) is 0 Å². The van der Waals surface area contributed by atoms with Crippen LogP contribution in [-0.2, 0) is 20.0 Å². The Balaban J connectivity index is 0.00000289. The van der Waals surface area contributed by atoms with Crippen molar-refractivity contribution in [2.75, 3.05) is 6.54 Å². The summed E-state index contributed by atoms with van der Waals surface area (Å²) >= 11 is 0. The lowest BCUT2D eigenvalue weighted by atomic mass is 10.1. The van der Waals surface area contributed by atoms with Crippen LogP contribution < -0.4 is 10.6 Å². The van der Waals surface area contributed by atoms with Crippen LogP contribution in [0.25, 0.3) is 10.9 Å². The number of benzene rings is 2. The summed E-state index contributed by atoms with van der Waals surface area (Å²) in [6, 6.07) is 18.9. The molecule has 7 nitrogen and oxygen atoms in total. The molecular weight excluding hydrogens is 513 g/mol. The average Bonchev–Trinajstić information content (AvgIpc) is 3.36. The summed E-state index contributed by atoms with van der Waals surface area (Å²) in [5.74, 6) is 2.48. The van der Waals surface area contributed by atoms with Gasteiger partial charge in [-0.1, -0.05) is 48.5 Å². The molecule has 0 amide bonds. The third kappa shape index (κ3) is 5.67. The monoisotopic (exact) mass is 543 g/mol. The number of aromatic amines is 1. The average molecular weight is 543 g/mol. The second-order valence-electron chi connectivity index (χ2n) is 7.70. The molecule has 2 aromatic heterocycles. The van der Waals surface area contributed by atoms with Gasteiger partial charge >= 0.3 is 0 Å². The normalized spacial score (nSPS) is 12.4. The van der Waals surface area contributed by atoms with Crippen molar-refractivity contribution in [1.29, 1.82) is 0 Å². The maximum absolute atomic E-state index is 4.78.